The number of fused-ring (bicyclic) bond motifs is 5. The second-order valence-corrected chi connectivity index (χ2v) is 18.8. The Morgan fingerprint density at radius 2 is 0.811 bits per heavy atom. The third-order valence-corrected chi connectivity index (χ3v) is 14.5. The summed E-state index contributed by atoms with van der Waals surface area (Å²) < 4.78 is 0. The summed E-state index contributed by atoms with van der Waals surface area (Å²) in [7, 11) is -1.89. The fourth-order valence-corrected chi connectivity index (χ4v) is 11.1. The summed E-state index contributed by atoms with van der Waals surface area (Å²) in [4.78, 5) is 15.4. The van der Waals surface area contributed by atoms with Crippen LogP contribution in [0.15, 0.2) is 176 Å². The number of nitrogens with zero attached hydrogens (tertiary/aromatic N) is 3. The van der Waals surface area contributed by atoms with E-state index in [1.54, 1.807) is 0 Å². The van der Waals surface area contributed by atoms with E-state index in [1.165, 1.54) is 54.2 Å². The maximum atomic E-state index is 5.17. The number of rotatable bonds is 5. The van der Waals surface area contributed by atoms with Crippen LogP contribution in [0.5, 0.6) is 0 Å². The second-order valence-electron chi connectivity index (χ2n) is 14.5. The van der Waals surface area contributed by atoms with Gasteiger partial charge in [0.15, 0.2) is 17.5 Å². The minimum atomic E-state index is -1.89. The van der Waals surface area contributed by atoms with Crippen molar-refractivity contribution in [3.8, 4) is 67.5 Å². The lowest BCUT2D eigenvalue weighted by Gasteiger charge is -2.19. The molecule has 10 rings (SSSR count). The predicted octanol–water partition coefficient (Wildman–Crippen LogP) is 11.3. The van der Waals surface area contributed by atoms with Gasteiger partial charge in [0, 0.05) is 16.7 Å². The van der Waals surface area contributed by atoms with Crippen molar-refractivity contribution in [1.29, 1.82) is 0 Å². The normalized spacial score (nSPS) is 12.9. The third kappa shape index (κ3) is 5.38. The number of aromatic nitrogens is 3. The monoisotopic (exact) mass is 693 g/mol. The summed E-state index contributed by atoms with van der Waals surface area (Å²) in [6, 6.07) is 63.0. The quantitative estimate of drug-likeness (QED) is 0.168. The maximum Gasteiger partial charge on any atom is 0.164 e. The lowest BCUT2D eigenvalue weighted by molar-refractivity contribution is 1.07. The van der Waals surface area contributed by atoms with Crippen LogP contribution in [0.1, 0.15) is 0 Å². The predicted molar refractivity (Wildman–Crippen MR) is 224 cm³/mol. The van der Waals surface area contributed by atoms with Crippen LogP contribution in [0.3, 0.4) is 0 Å². The minimum absolute atomic E-state index is 0.656. The van der Waals surface area contributed by atoms with Crippen LogP contribution < -0.4 is 10.4 Å². The van der Waals surface area contributed by atoms with Crippen molar-refractivity contribution in [2.45, 2.75) is 13.1 Å². The van der Waals surface area contributed by atoms with E-state index in [-0.39, 0.29) is 0 Å². The Bertz CT molecular complexity index is 2840. The molecule has 4 heteroatoms. The summed E-state index contributed by atoms with van der Waals surface area (Å²) >= 11 is 0. The van der Waals surface area contributed by atoms with Gasteiger partial charge in [0.1, 0.15) is 8.07 Å². The average molecular weight is 694 g/mol. The summed E-state index contributed by atoms with van der Waals surface area (Å²) in [6.45, 7) is 4.93. The topological polar surface area (TPSA) is 38.7 Å². The van der Waals surface area contributed by atoms with E-state index in [0.29, 0.717) is 17.5 Å². The van der Waals surface area contributed by atoms with Crippen LogP contribution >= 0.6 is 0 Å². The lowest BCUT2D eigenvalue weighted by Crippen LogP contribution is -2.49. The number of benzene rings is 8. The van der Waals surface area contributed by atoms with Gasteiger partial charge in [-0.3, -0.25) is 0 Å². The van der Waals surface area contributed by atoms with Gasteiger partial charge in [-0.2, -0.15) is 0 Å². The summed E-state index contributed by atoms with van der Waals surface area (Å²) in [5, 5.41) is 7.99. The average Bonchev–Trinajstić information content (AvgIpc) is 3.44. The van der Waals surface area contributed by atoms with E-state index >= 15 is 0 Å². The van der Waals surface area contributed by atoms with Gasteiger partial charge in [-0.1, -0.05) is 177 Å². The summed E-state index contributed by atoms with van der Waals surface area (Å²) in [5.41, 5.74) is 10.2. The highest BCUT2D eigenvalue weighted by Crippen LogP contribution is 2.35. The fourth-order valence-electron chi connectivity index (χ4n) is 8.06. The molecule has 0 saturated heterocycles. The zero-order chi connectivity index (χ0) is 35.5. The Morgan fingerprint density at radius 1 is 0.321 bits per heavy atom. The van der Waals surface area contributed by atoms with Gasteiger partial charge < -0.3 is 0 Å². The second kappa shape index (κ2) is 12.3. The highest BCUT2D eigenvalue weighted by atomic mass is 28.3. The zero-order valence-corrected chi connectivity index (χ0v) is 30.6. The minimum Gasteiger partial charge on any atom is -0.208 e. The first-order chi connectivity index (χ1) is 26.0. The smallest absolute Gasteiger partial charge is 0.164 e. The molecule has 8 aromatic carbocycles. The van der Waals surface area contributed by atoms with E-state index in [1.807, 2.05) is 6.07 Å². The molecule has 1 aliphatic heterocycles. The SMILES string of the molecule is C[Si]1(C)c2ccc(-c3nc(-c4ccc(-c5ccccc5)cc4)nc(-c4ccc(-c5cccc6ccccc56)cc4)n3)cc2-c2cc3ccccc3cc21. The van der Waals surface area contributed by atoms with E-state index in [0.717, 1.165) is 27.8 Å². The van der Waals surface area contributed by atoms with Crippen molar-refractivity contribution in [2.24, 2.45) is 0 Å². The van der Waals surface area contributed by atoms with Gasteiger partial charge in [0.2, 0.25) is 0 Å². The molecule has 53 heavy (non-hydrogen) atoms. The number of hydrogen-bond donors (Lipinski definition) is 0. The zero-order valence-electron chi connectivity index (χ0n) is 29.6. The van der Waals surface area contributed by atoms with Crippen LogP contribution in [0, 0.1) is 0 Å². The molecule has 0 atom stereocenters. The Labute approximate surface area is 310 Å². The third-order valence-electron chi connectivity index (χ3n) is 10.9. The van der Waals surface area contributed by atoms with Crippen molar-refractivity contribution < 1.29 is 0 Å². The summed E-state index contributed by atoms with van der Waals surface area (Å²) in [6.07, 6.45) is 0. The Balaban J connectivity index is 1.10. The molecule has 0 N–H and O–H groups in total. The molecule has 250 valence electrons. The van der Waals surface area contributed by atoms with Gasteiger partial charge in [0.25, 0.3) is 0 Å². The van der Waals surface area contributed by atoms with E-state index < -0.39 is 8.07 Å². The Morgan fingerprint density at radius 3 is 1.51 bits per heavy atom. The van der Waals surface area contributed by atoms with Crippen molar-refractivity contribution in [3.63, 3.8) is 0 Å². The Kier molecular flexibility index (Phi) is 7.27. The van der Waals surface area contributed by atoms with Crippen LogP contribution in [-0.2, 0) is 0 Å². The first-order valence-corrected chi connectivity index (χ1v) is 21.2. The maximum absolute atomic E-state index is 5.17. The molecule has 0 amide bonds. The van der Waals surface area contributed by atoms with Gasteiger partial charge >= 0.3 is 0 Å². The van der Waals surface area contributed by atoms with Crippen LogP contribution in [-0.4, -0.2) is 23.0 Å². The molecule has 2 heterocycles. The van der Waals surface area contributed by atoms with Crippen molar-refractivity contribution in [2.75, 3.05) is 0 Å². The number of hydrogen-bond acceptors (Lipinski definition) is 3. The standard InChI is InChI=1S/C49H35N3Si/c1-53(2)45-28-27-40(30-43(45)44-29-38-14-6-7-15-39(38)31-46(44)53)49-51-47(36-23-19-33(20-24-36)32-11-4-3-5-12-32)50-48(52-49)37-25-21-35(22-26-37)42-18-10-16-34-13-8-9-17-41(34)42/h3-31H,1-2H3. The molecule has 0 spiro atoms. The highest BCUT2D eigenvalue weighted by Gasteiger charge is 2.38. The molecule has 0 unspecified atom stereocenters. The first-order valence-electron chi connectivity index (χ1n) is 18.2. The molecule has 0 saturated carbocycles. The van der Waals surface area contributed by atoms with Crippen LogP contribution in [0.25, 0.3) is 89.1 Å². The van der Waals surface area contributed by atoms with Crippen LogP contribution in [0.2, 0.25) is 13.1 Å². The van der Waals surface area contributed by atoms with Gasteiger partial charge in [-0.15, -0.1) is 0 Å². The first kappa shape index (κ1) is 31.3. The molecule has 1 aromatic heterocycles. The van der Waals surface area contributed by atoms with Crippen molar-refractivity contribution in [1.82, 2.24) is 15.0 Å². The molecule has 0 radical (unpaired) electrons. The molecular formula is C49H35N3Si. The van der Waals surface area contributed by atoms with Gasteiger partial charge in [-0.25, -0.2) is 15.0 Å². The van der Waals surface area contributed by atoms with Gasteiger partial charge in [0.05, 0.1) is 0 Å². The van der Waals surface area contributed by atoms with Crippen molar-refractivity contribution >= 4 is 40.0 Å². The molecule has 0 fully saturated rings. The molecule has 9 aromatic rings. The largest absolute Gasteiger partial charge is 0.208 e. The van der Waals surface area contributed by atoms with E-state index in [2.05, 4.69) is 183 Å². The molecule has 0 bridgehead atoms. The molecule has 1 aliphatic rings. The molecule has 0 aliphatic carbocycles. The van der Waals surface area contributed by atoms with Crippen LogP contribution in [0.4, 0.5) is 0 Å². The fraction of sp³-hybridized carbons (Fsp3) is 0.0408. The van der Waals surface area contributed by atoms with Gasteiger partial charge in [-0.05, 0) is 77.4 Å². The highest BCUT2D eigenvalue weighted by molar-refractivity contribution is 7.04. The lowest BCUT2D eigenvalue weighted by atomic mass is 9.97. The van der Waals surface area contributed by atoms with Crippen molar-refractivity contribution in [3.05, 3.63) is 176 Å². The van der Waals surface area contributed by atoms with E-state index in [9.17, 15) is 0 Å². The molecular weight excluding hydrogens is 659 g/mol. The Hall–Kier alpha value is -6.49. The summed E-state index contributed by atoms with van der Waals surface area (Å²) in [5.74, 6) is 1.99. The molecule has 3 nitrogen and oxygen atoms in total. The van der Waals surface area contributed by atoms with E-state index in [4.69, 9.17) is 15.0 Å².